The van der Waals surface area contributed by atoms with Gasteiger partial charge in [0.1, 0.15) is 6.26 Å². The number of rotatable bonds is 10. The second-order valence-corrected chi connectivity index (χ2v) is 7.88. The van der Waals surface area contributed by atoms with Gasteiger partial charge in [-0.3, -0.25) is 9.69 Å². The fourth-order valence-electron chi connectivity index (χ4n) is 3.48. The van der Waals surface area contributed by atoms with Gasteiger partial charge >= 0.3 is 0 Å². The summed E-state index contributed by atoms with van der Waals surface area (Å²) in [5, 5.41) is 2.96. The number of aromatic nitrogens is 1. The van der Waals surface area contributed by atoms with Gasteiger partial charge in [-0.1, -0.05) is 42.5 Å². The Hall–Kier alpha value is -3.32. The molecule has 3 rings (SSSR count). The quantitative estimate of drug-likeness (QED) is 0.500. The van der Waals surface area contributed by atoms with Crippen LogP contribution in [0.1, 0.15) is 54.3 Å². The number of para-hydroxylation sites is 1. The SMILES string of the molecule is COc1cccc(CN(Cc2nc(C(=O)NC(C)c3ccccc3)co2)C(C)C)c1OC. The van der Waals surface area contributed by atoms with Crippen LogP contribution in [0, 0.1) is 0 Å². The highest BCUT2D eigenvalue weighted by molar-refractivity contribution is 5.92. The molecule has 0 saturated carbocycles. The first kappa shape index (κ1) is 23.3. The predicted octanol–water partition coefficient (Wildman–Crippen LogP) is 4.59. The van der Waals surface area contributed by atoms with E-state index in [1.54, 1.807) is 14.2 Å². The van der Waals surface area contributed by atoms with Gasteiger partial charge < -0.3 is 19.2 Å². The van der Waals surface area contributed by atoms with Crippen molar-refractivity contribution in [2.45, 2.75) is 45.9 Å². The molecule has 1 atom stereocenters. The van der Waals surface area contributed by atoms with E-state index in [0.29, 0.717) is 30.5 Å². The van der Waals surface area contributed by atoms with Gasteiger partial charge in [0.15, 0.2) is 17.2 Å². The Morgan fingerprint density at radius 3 is 2.44 bits per heavy atom. The molecule has 1 amide bonds. The first-order chi connectivity index (χ1) is 15.4. The molecule has 1 unspecified atom stereocenters. The smallest absolute Gasteiger partial charge is 0.273 e. The molecule has 0 aliphatic carbocycles. The van der Waals surface area contributed by atoms with E-state index >= 15 is 0 Å². The van der Waals surface area contributed by atoms with Gasteiger partial charge in [-0.05, 0) is 32.4 Å². The predicted molar refractivity (Wildman–Crippen MR) is 123 cm³/mol. The van der Waals surface area contributed by atoms with Crippen molar-refractivity contribution in [1.29, 1.82) is 0 Å². The first-order valence-electron chi connectivity index (χ1n) is 10.7. The number of nitrogens with zero attached hydrogens (tertiary/aromatic N) is 2. The van der Waals surface area contributed by atoms with Crippen LogP contribution in [-0.2, 0) is 13.1 Å². The molecule has 0 spiro atoms. The third kappa shape index (κ3) is 5.68. The van der Waals surface area contributed by atoms with Crippen molar-refractivity contribution in [3.63, 3.8) is 0 Å². The van der Waals surface area contributed by atoms with Crippen LogP contribution in [0.15, 0.2) is 59.2 Å². The minimum Gasteiger partial charge on any atom is -0.493 e. The fraction of sp³-hybridized carbons (Fsp3) is 0.360. The number of oxazole rings is 1. The average Bonchev–Trinajstić information content (AvgIpc) is 3.27. The van der Waals surface area contributed by atoms with Crippen molar-refractivity contribution in [3.05, 3.63) is 77.5 Å². The number of ether oxygens (including phenoxy) is 2. The second kappa shape index (κ2) is 10.8. The molecule has 3 aromatic rings. The summed E-state index contributed by atoms with van der Waals surface area (Å²) in [4.78, 5) is 19.2. The Morgan fingerprint density at radius 1 is 1.03 bits per heavy atom. The van der Waals surface area contributed by atoms with Gasteiger partial charge in [-0.25, -0.2) is 4.98 Å². The van der Waals surface area contributed by atoms with Gasteiger partial charge in [0.25, 0.3) is 5.91 Å². The highest BCUT2D eigenvalue weighted by Crippen LogP contribution is 2.32. The number of benzene rings is 2. The van der Waals surface area contributed by atoms with Crippen LogP contribution in [0.2, 0.25) is 0 Å². The lowest BCUT2D eigenvalue weighted by molar-refractivity contribution is 0.0934. The molecule has 0 bridgehead atoms. The maximum Gasteiger partial charge on any atom is 0.273 e. The molecule has 0 radical (unpaired) electrons. The molecular weight excluding hydrogens is 406 g/mol. The molecular formula is C25H31N3O4. The summed E-state index contributed by atoms with van der Waals surface area (Å²) in [6.45, 7) is 7.22. The zero-order chi connectivity index (χ0) is 23.1. The monoisotopic (exact) mass is 437 g/mol. The molecule has 7 nitrogen and oxygen atoms in total. The number of hydrogen-bond donors (Lipinski definition) is 1. The fourth-order valence-corrected chi connectivity index (χ4v) is 3.48. The third-order valence-electron chi connectivity index (χ3n) is 5.36. The van der Waals surface area contributed by atoms with Gasteiger partial charge in [-0.2, -0.15) is 0 Å². The number of amides is 1. The Morgan fingerprint density at radius 2 is 1.78 bits per heavy atom. The van der Waals surface area contributed by atoms with E-state index in [1.165, 1.54) is 6.26 Å². The van der Waals surface area contributed by atoms with Crippen LogP contribution in [0.25, 0.3) is 0 Å². The molecule has 7 heteroatoms. The maximum absolute atomic E-state index is 12.6. The van der Waals surface area contributed by atoms with Gasteiger partial charge in [0.2, 0.25) is 5.89 Å². The average molecular weight is 438 g/mol. The van der Waals surface area contributed by atoms with E-state index in [9.17, 15) is 4.79 Å². The van der Waals surface area contributed by atoms with Crippen molar-refractivity contribution >= 4 is 5.91 Å². The summed E-state index contributed by atoms with van der Waals surface area (Å²) in [7, 11) is 3.26. The third-order valence-corrected chi connectivity index (χ3v) is 5.36. The molecule has 0 aliphatic heterocycles. The lowest BCUT2D eigenvalue weighted by Gasteiger charge is -2.26. The number of carbonyl (C=O) groups is 1. The molecule has 1 N–H and O–H groups in total. The lowest BCUT2D eigenvalue weighted by Crippen LogP contribution is -2.30. The van der Waals surface area contributed by atoms with E-state index in [1.807, 2.05) is 55.5 Å². The van der Waals surface area contributed by atoms with Crippen molar-refractivity contribution < 1.29 is 18.7 Å². The molecule has 170 valence electrons. The largest absolute Gasteiger partial charge is 0.493 e. The number of methoxy groups -OCH3 is 2. The van der Waals surface area contributed by atoms with Crippen LogP contribution in [0.4, 0.5) is 0 Å². The molecule has 0 fully saturated rings. The minimum absolute atomic E-state index is 0.128. The molecule has 32 heavy (non-hydrogen) atoms. The Bertz CT molecular complexity index is 1020. The van der Waals surface area contributed by atoms with E-state index in [-0.39, 0.29) is 23.7 Å². The standard InChI is InChI=1S/C25H31N3O4/c1-17(2)28(14-20-12-9-13-22(30-4)24(20)31-5)15-23-27-21(16-32-23)25(29)26-18(3)19-10-7-6-8-11-19/h6-13,16-18H,14-15H2,1-5H3,(H,26,29). The first-order valence-corrected chi connectivity index (χ1v) is 10.7. The molecule has 2 aromatic carbocycles. The van der Waals surface area contributed by atoms with Crippen LogP contribution < -0.4 is 14.8 Å². The lowest BCUT2D eigenvalue weighted by atomic mass is 10.1. The summed E-state index contributed by atoms with van der Waals surface area (Å²) in [6, 6.07) is 15.7. The van der Waals surface area contributed by atoms with Crippen LogP contribution in [0.3, 0.4) is 0 Å². The highest BCUT2D eigenvalue weighted by atomic mass is 16.5. The molecule has 1 aromatic heterocycles. The van der Waals surface area contributed by atoms with Crippen molar-refractivity contribution in [3.8, 4) is 11.5 Å². The molecule has 0 saturated heterocycles. The normalized spacial score (nSPS) is 12.1. The Labute approximate surface area is 189 Å². The Kier molecular flexibility index (Phi) is 7.89. The van der Waals surface area contributed by atoms with Crippen LogP contribution >= 0.6 is 0 Å². The van der Waals surface area contributed by atoms with E-state index < -0.39 is 0 Å². The van der Waals surface area contributed by atoms with Gasteiger partial charge in [0, 0.05) is 18.2 Å². The summed E-state index contributed by atoms with van der Waals surface area (Å²) in [6.07, 6.45) is 1.41. The van der Waals surface area contributed by atoms with Crippen molar-refractivity contribution in [2.24, 2.45) is 0 Å². The summed E-state index contributed by atoms with van der Waals surface area (Å²) in [5.41, 5.74) is 2.30. The zero-order valence-corrected chi connectivity index (χ0v) is 19.3. The van der Waals surface area contributed by atoms with Crippen LogP contribution in [0.5, 0.6) is 11.5 Å². The minimum atomic E-state index is -0.262. The number of nitrogens with one attached hydrogen (secondary N) is 1. The Balaban J connectivity index is 1.69. The van der Waals surface area contributed by atoms with Crippen LogP contribution in [-0.4, -0.2) is 36.1 Å². The summed E-state index contributed by atoms with van der Waals surface area (Å²) >= 11 is 0. The topological polar surface area (TPSA) is 76.8 Å². The second-order valence-electron chi connectivity index (χ2n) is 7.88. The highest BCUT2D eigenvalue weighted by Gasteiger charge is 2.20. The van der Waals surface area contributed by atoms with E-state index in [2.05, 4.69) is 29.0 Å². The maximum atomic E-state index is 12.6. The van der Waals surface area contributed by atoms with Crippen molar-refractivity contribution in [2.75, 3.05) is 14.2 Å². The zero-order valence-electron chi connectivity index (χ0n) is 19.3. The van der Waals surface area contributed by atoms with E-state index in [4.69, 9.17) is 13.9 Å². The number of carbonyl (C=O) groups excluding carboxylic acids is 1. The van der Waals surface area contributed by atoms with E-state index in [0.717, 1.165) is 11.1 Å². The van der Waals surface area contributed by atoms with Crippen molar-refractivity contribution in [1.82, 2.24) is 15.2 Å². The van der Waals surface area contributed by atoms with Gasteiger partial charge in [0.05, 0.1) is 26.8 Å². The molecule has 1 heterocycles. The summed E-state index contributed by atoms with van der Waals surface area (Å²) < 4.78 is 16.6. The summed E-state index contributed by atoms with van der Waals surface area (Å²) in [5.74, 6) is 1.62. The van der Waals surface area contributed by atoms with Gasteiger partial charge in [-0.15, -0.1) is 0 Å². The molecule has 0 aliphatic rings. The number of hydrogen-bond acceptors (Lipinski definition) is 6.